The Morgan fingerprint density at radius 1 is 1.23 bits per heavy atom. The molecule has 1 aliphatic carbocycles. The first-order chi connectivity index (χ1) is 6.33. The van der Waals surface area contributed by atoms with E-state index < -0.39 is 6.17 Å². The summed E-state index contributed by atoms with van der Waals surface area (Å²) in [6.07, 6.45) is 5.46. The summed E-state index contributed by atoms with van der Waals surface area (Å²) < 4.78 is 13.0. The molecule has 0 aromatic carbocycles. The van der Waals surface area contributed by atoms with Crippen LogP contribution in [0.4, 0.5) is 4.39 Å². The van der Waals surface area contributed by atoms with Gasteiger partial charge in [-0.3, -0.25) is 4.90 Å². The normalized spacial score (nSPS) is 39.5. The van der Waals surface area contributed by atoms with Crippen LogP contribution in [-0.4, -0.2) is 30.2 Å². The number of nitrogens with zero attached hydrogens (tertiary/aromatic N) is 1. The van der Waals surface area contributed by atoms with E-state index in [2.05, 4.69) is 4.90 Å². The number of fused-ring (bicyclic) bond motifs is 1. The van der Waals surface area contributed by atoms with Gasteiger partial charge in [0.25, 0.3) is 0 Å². The Labute approximate surface area is 78.6 Å². The molecule has 0 aromatic rings. The zero-order valence-electron chi connectivity index (χ0n) is 7.93. The Kier molecular flexibility index (Phi) is 1.72. The van der Waals surface area contributed by atoms with Gasteiger partial charge in [-0.2, -0.15) is 0 Å². The Morgan fingerprint density at radius 2 is 2.08 bits per heavy atom. The van der Waals surface area contributed by atoms with Crippen LogP contribution in [0.5, 0.6) is 0 Å². The van der Waals surface area contributed by atoms with E-state index in [1.165, 1.54) is 25.7 Å². The number of rotatable bonds is 0. The van der Waals surface area contributed by atoms with Crippen molar-refractivity contribution >= 4 is 0 Å². The van der Waals surface area contributed by atoms with Crippen LogP contribution in [0.1, 0.15) is 32.1 Å². The van der Waals surface area contributed by atoms with Crippen molar-refractivity contribution in [2.45, 2.75) is 44.3 Å². The molecule has 0 bridgehead atoms. The number of hydrogen-bond acceptors (Lipinski definition) is 1. The molecule has 1 saturated carbocycles. The van der Waals surface area contributed by atoms with Crippen LogP contribution in [0.3, 0.4) is 0 Å². The van der Waals surface area contributed by atoms with Gasteiger partial charge in [0.2, 0.25) is 0 Å². The molecule has 2 aliphatic heterocycles. The highest BCUT2D eigenvalue weighted by atomic mass is 19.1. The van der Waals surface area contributed by atoms with Crippen LogP contribution in [-0.2, 0) is 0 Å². The van der Waals surface area contributed by atoms with Crippen LogP contribution in [0, 0.1) is 0 Å². The summed E-state index contributed by atoms with van der Waals surface area (Å²) in [5, 5.41) is 0. The average molecular weight is 181 g/mol. The van der Waals surface area contributed by atoms with Gasteiger partial charge in [-0.05, 0) is 32.1 Å². The lowest BCUT2D eigenvalue weighted by Gasteiger charge is -2.20. The lowest BCUT2D eigenvalue weighted by atomic mass is 9.87. The molecule has 2 heterocycles. The summed E-state index contributed by atoms with van der Waals surface area (Å²) >= 11 is 0. The highest BCUT2D eigenvalue weighted by Crippen LogP contribution is 2.38. The molecule has 3 rings (SSSR count). The molecule has 72 valence electrons. The molecule has 2 atom stereocenters. The zero-order valence-corrected chi connectivity index (χ0v) is 7.93. The van der Waals surface area contributed by atoms with Crippen LogP contribution >= 0.6 is 0 Å². The van der Waals surface area contributed by atoms with Crippen molar-refractivity contribution in [2.24, 2.45) is 0 Å². The van der Waals surface area contributed by atoms with Crippen LogP contribution in [0.2, 0.25) is 0 Å². The van der Waals surface area contributed by atoms with E-state index >= 15 is 0 Å². The van der Waals surface area contributed by atoms with Gasteiger partial charge >= 0.3 is 0 Å². The van der Waals surface area contributed by atoms with E-state index in [4.69, 9.17) is 0 Å². The quantitative estimate of drug-likeness (QED) is 0.518. The Hall–Kier alpha value is -0.370. The zero-order chi connectivity index (χ0) is 8.84. The van der Waals surface area contributed by atoms with Gasteiger partial charge in [-0.1, -0.05) is 11.1 Å². The van der Waals surface area contributed by atoms with Gasteiger partial charge in [0.15, 0.2) is 0 Å². The van der Waals surface area contributed by atoms with Crippen molar-refractivity contribution in [2.75, 3.05) is 13.1 Å². The molecular weight excluding hydrogens is 165 g/mol. The van der Waals surface area contributed by atoms with E-state index in [9.17, 15) is 4.39 Å². The minimum absolute atomic E-state index is 0.544. The highest BCUT2D eigenvalue weighted by Gasteiger charge is 2.38. The molecule has 13 heavy (non-hydrogen) atoms. The number of allylic oxidation sites excluding steroid dienone is 1. The molecule has 1 nitrogen and oxygen atoms in total. The van der Waals surface area contributed by atoms with Crippen LogP contribution in [0.25, 0.3) is 0 Å². The second-order valence-electron chi connectivity index (χ2n) is 4.68. The van der Waals surface area contributed by atoms with Gasteiger partial charge in [0.1, 0.15) is 6.17 Å². The second kappa shape index (κ2) is 2.81. The maximum Gasteiger partial charge on any atom is 0.114 e. The maximum absolute atomic E-state index is 13.0. The summed E-state index contributed by atoms with van der Waals surface area (Å²) in [7, 11) is 0. The molecule has 3 fully saturated rings. The Balaban J connectivity index is 1.74. The van der Waals surface area contributed by atoms with Gasteiger partial charge in [-0.15, -0.1) is 0 Å². The lowest BCUT2D eigenvalue weighted by Crippen LogP contribution is -2.22. The van der Waals surface area contributed by atoms with Crippen molar-refractivity contribution in [3.8, 4) is 0 Å². The monoisotopic (exact) mass is 181 g/mol. The number of hydrogen-bond donors (Lipinski definition) is 0. The summed E-state index contributed by atoms with van der Waals surface area (Å²) in [5.74, 6) is 0. The van der Waals surface area contributed by atoms with Gasteiger partial charge in [-0.25, -0.2) is 4.39 Å². The van der Waals surface area contributed by atoms with E-state index in [1.807, 2.05) is 0 Å². The second-order valence-corrected chi connectivity index (χ2v) is 4.68. The Bertz CT molecular complexity index is 237. The van der Waals surface area contributed by atoms with Crippen molar-refractivity contribution in [1.82, 2.24) is 4.90 Å². The van der Waals surface area contributed by atoms with Gasteiger partial charge in [0.05, 0.1) is 0 Å². The van der Waals surface area contributed by atoms with E-state index in [1.54, 1.807) is 11.1 Å². The predicted molar refractivity (Wildman–Crippen MR) is 50.4 cm³/mol. The van der Waals surface area contributed by atoms with Crippen LogP contribution < -0.4 is 0 Å². The molecule has 0 spiro atoms. The number of alkyl halides is 1. The highest BCUT2D eigenvalue weighted by molar-refractivity contribution is 5.26. The predicted octanol–water partition coefficient (Wildman–Crippen LogP) is 2.28. The fourth-order valence-corrected chi connectivity index (χ4v) is 2.89. The lowest BCUT2D eigenvalue weighted by molar-refractivity contribution is 0.296. The fourth-order valence-electron chi connectivity index (χ4n) is 2.89. The third kappa shape index (κ3) is 1.23. The Morgan fingerprint density at radius 3 is 2.69 bits per heavy atom. The molecular formula is C11H16FN. The first kappa shape index (κ1) is 7.98. The molecule has 2 saturated heterocycles. The summed E-state index contributed by atoms with van der Waals surface area (Å²) in [6, 6.07) is 0.554. The first-order valence-corrected chi connectivity index (χ1v) is 5.41. The third-order valence-corrected chi connectivity index (χ3v) is 3.81. The SMILES string of the molecule is F[C@H]1C[C@H]2CC(=C3CCC3)CN2C1. The molecule has 0 radical (unpaired) electrons. The largest absolute Gasteiger partial charge is 0.293 e. The van der Waals surface area contributed by atoms with Crippen molar-refractivity contribution in [3.05, 3.63) is 11.1 Å². The summed E-state index contributed by atoms with van der Waals surface area (Å²) in [4.78, 5) is 2.34. The summed E-state index contributed by atoms with van der Waals surface area (Å²) in [5.41, 5.74) is 3.35. The van der Waals surface area contributed by atoms with E-state index in [0.29, 0.717) is 12.6 Å². The molecule has 0 N–H and O–H groups in total. The minimum Gasteiger partial charge on any atom is -0.293 e. The molecule has 0 aromatic heterocycles. The fraction of sp³-hybridized carbons (Fsp3) is 0.818. The van der Waals surface area contributed by atoms with Crippen molar-refractivity contribution in [3.63, 3.8) is 0 Å². The standard InChI is InChI=1S/C11H16FN/c12-10-5-11-4-9(6-13(11)7-10)8-2-1-3-8/h10-11H,1-7H2/t10-,11+/m0/s1. The number of halogens is 1. The third-order valence-electron chi connectivity index (χ3n) is 3.81. The van der Waals surface area contributed by atoms with Crippen molar-refractivity contribution < 1.29 is 4.39 Å². The topological polar surface area (TPSA) is 3.24 Å². The molecule has 0 amide bonds. The van der Waals surface area contributed by atoms with Crippen LogP contribution in [0.15, 0.2) is 11.1 Å². The molecule has 2 heteroatoms. The summed E-state index contributed by atoms with van der Waals surface area (Å²) in [6.45, 7) is 1.78. The van der Waals surface area contributed by atoms with Gasteiger partial charge < -0.3 is 0 Å². The first-order valence-electron chi connectivity index (χ1n) is 5.41. The van der Waals surface area contributed by atoms with E-state index in [0.717, 1.165) is 13.0 Å². The van der Waals surface area contributed by atoms with Gasteiger partial charge in [0, 0.05) is 19.1 Å². The molecule has 3 aliphatic rings. The van der Waals surface area contributed by atoms with E-state index in [-0.39, 0.29) is 0 Å². The minimum atomic E-state index is -0.544. The smallest absolute Gasteiger partial charge is 0.114 e. The van der Waals surface area contributed by atoms with Crippen molar-refractivity contribution in [1.29, 1.82) is 0 Å². The maximum atomic E-state index is 13.0. The average Bonchev–Trinajstić information content (AvgIpc) is 2.39. The molecule has 0 unspecified atom stereocenters.